The lowest BCUT2D eigenvalue weighted by Crippen LogP contribution is -2.20. The quantitative estimate of drug-likeness (QED) is 0.807. The lowest BCUT2D eigenvalue weighted by molar-refractivity contribution is 0.591. The van der Waals surface area contributed by atoms with Crippen LogP contribution in [0.25, 0.3) is 0 Å². The summed E-state index contributed by atoms with van der Waals surface area (Å²) in [5.41, 5.74) is 0.484. The average Bonchev–Trinajstić information content (AvgIpc) is 2.35. The minimum Gasteiger partial charge on any atom is -0.332 e. The van der Waals surface area contributed by atoms with E-state index in [4.69, 9.17) is 12.2 Å². The first-order valence-corrected chi connectivity index (χ1v) is 5.65. The van der Waals surface area contributed by atoms with E-state index >= 15 is 0 Å². The summed E-state index contributed by atoms with van der Waals surface area (Å²) in [6, 6.07) is 12.7. The molecule has 0 bridgehead atoms. The molecule has 2 nitrogen and oxygen atoms in total. The van der Waals surface area contributed by atoms with Crippen molar-refractivity contribution in [1.29, 1.82) is 0 Å². The highest BCUT2D eigenvalue weighted by molar-refractivity contribution is 7.80. The number of nitrogens with one attached hydrogen (secondary N) is 2. The van der Waals surface area contributed by atoms with Crippen LogP contribution in [0.1, 0.15) is 0 Å². The molecule has 0 spiro atoms. The van der Waals surface area contributed by atoms with Crippen molar-refractivity contribution in [2.45, 2.75) is 0 Å². The number of halogens is 2. The molecular weight excluding hydrogens is 254 g/mol. The van der Waals surface area contributed by atoms with E-state index in [0.29, 0.717) is 0 Å². The number of anilines is 2. The highest BCUT2D eigenvalue weighted by Crippen LogP contribution is 2.18. The molecule has 2 N–H and O–H groups in total. The van der Waals surface area contributed by atoms with Gasteiger partial charge in [-0.25, -0.2) is 8.78 Å². The molecule has 2 aromatic rings. The second-order valence-electron chi connectivity index (χ2n) is 3.54. The fourth-order valence-electron chi connectivity index (χ4n) is 1.41. The highest BCUT2D eigenvalue weighted by Gasteiger charge is 2.09. The molecule has 0 aliphatic heterocycles. The molecule has 18 heavy (non-hydrogen) atoms. The van der Waals surface area contributed by atoms with Crippen LogP contribution in [0.5, 0.6) is 0 Å². The Labute approximate surface area is 109 Å². The second-order valence-corrected chi connectivity index (χ2v) is 3.95. The molecule has 2 rings (SSSR count). The van der Waals surface area contributed by atoms with E-state index < -0.39 is 11.6 Å². The SMILES string of the molecule is Fc1cccc(F)c1NC(=S)Nc1ccccc1. The maximum absolute atomic E-state index is 13.4. The van der Waals surface area contributed by atoms with Crippen LogP contribution >= 0.6 is 12.2 Å². The first-order valence-electron chi connectivity index (χ1n) is 5.24. The van der Waals surface area contributed by atoms with Gasteiger partial charge in [0.05, 0.1) is 0 Å². The van der Waals surface area contributed by atoms with Gasteiger partial charge in [-0.3, -0.25) is 0 Å². The Morgan fingerprint density at radius 3 is 2.06 bits per heavy atom. The number of thiocarbonyl (C=S) groups is 1. The molecule has 0 saturated carbocycles. The van der Waals surface area contributed by atoms with Gasteiger partial charge in [-0.05, 0) is 36.5 Å². The van der Waals surface area contributed by atoms with Crippen molar-refractivity contribution in [1.82, 2.24) is 0 Å². The summed E-state index contributed by atoms with van der Waals surface area (Å²) in [5.74, 6) is -1.38. The molecule has 2 aromatic carbocycles. The maximum atomic E-state index is 13.4. The summed E-state index contributed by atoms with van der Waals surface area (Å²) >= 11 is 4.98. The van der Waals surface area contributed by atoms with Gasteiger partial charge in [0, 0.05) is 5.69 Å². The van der Waals surface area contributed by atoms with Crippen LogP contribution in [0.2, 0.25) is 0 Å². The summed E-state index contributed by atoms with van der Waals surface area (Å²) in [6.07, 6.45) is 0. The van der Waals surface area contributed by atoms with Gasteiger partial charge in [0.2, 0.25) is 0 Å². The smallest absolute Gasteiger partial charge is 0.175 e. The average molecular weight is 264 g/mol. The molecule has 0 radical (unpaired) electrons. The van der Waals surface area contributed by atoms with Crippen molar-refractivity contribution in [2.24, 2.45) is 0 Å². The van der Waals surface area contributed by atoms with Crippen molar-refractivity contribution in [3.05, 3.63) is 60.2 Å². The van der Waals surface area contributed by atoms with E-state index in [1.165, 1.54) is 6.07 Å². The zero-order valence-corrected chi connectivity index (χ0v) is 10.1. The molecule has 0 atom stereocenters. The maximum Gasteiger partial charge on any atom is 0.175 e. The minimum absolute atomic E-state index is 0.130. The number of hydrogen-bond acceptors (Lipinski definition) is 1. The molecular formula is C13H10F2N2S. The van der Waals surface area contributed by atoms with E-state index in [-0.39, 0.29) is 10.8 Å². The summed E-state index contributed by atoms with van der Waals surface area (Å²) in [6.45, 7) is 0. The van der Waals surface area contributed by atoms with Gasteiger partial charge in [0.1, 0.15) is 17.3 Å². The van der Waals surface area contributed by atoms with Crippen LogP contribution in [0, 0.1) is 11.6 Å². The van der Waals surface area contributed by atoms with Crippen molar-refractivity contribution in [3.63, 3.8) is 0 Å². The normalized spacial score (nSPS) is 9.89. The first-order chi connectivity index (χ1) is 8.66. The zero-order valence-electron chi connectivity index (χ0n) is 9.28. The molecule has 0 amide bonds. The lowest BCUT2D eigenvalue weighted by atomic mass is 10.3. The van der Waals surface area contributed by atoms with Crippen LogP contribution in [-0.2, 0) is 0 Å². The second kappa shape index (κ2) is 5.55. The Morgan fingerprint density at radius 1 is 0.833 bits per heavy atom. The van der Waals surface area contributed by atoms with Crippen LogP contribution in [0.3, 0.4) is 0 Å². The van der Waals surface area contributed by atoms with Gasteiger partial charge in [-0.2, -0.15) is 0 Å². The standard InChI is InChI=1S/C13H10F2N2S/c14-10-7-4-8-11(15)12(10)17-13(18)16-9-5-2-1-3-6-9/h1-8H,(H2,16,17,18). The van der Waals surface area contributed by atoms with Crippen molar-refractivity contribution in [3.8, 4) is 0 Å². The number of para-hydroxylation sites is 2. The van der Waals surface area contributed by atoms with Gasteiger partial charge in [0.15, 0.2) is 5.11 Å². The number of hydrogen-bond donors (Lipinski definition) is 2. The van der Waals surface area contributed by atoms with Crippen molar-refractivity contribution in [2.75, 3.05) is 10.6 Å². The lowest BCUT2D eigenvalue weighted by Gasteiger charge is -2.11. The van der Waals surface area contributed by atoms with Crippen molar-refractivity contribution >= 4 is 28.7 Å². The van der Waals surface area contributed by atoms with Crippen LogP contribution in [0.4, 0.5) is 20.2 Å². The predicted octanol–water partition coefficient (Wildman–Crippen LogP) is 3.77. The van der Waals surface area contributed by atoms with Gasteiger partial charge in [-0.1, -0.05) is 24.3 Å². The molecule has 92 valence electrons. The van der Waals surface area contributed by atoms with E-state index in [1.54, 1.807) is 12.1 Å². The fourth-order valence-corrected chi connectivity index (χ4v) is 1.63. The van der Waals surface area contributed by atoms with E-state index in [2.05, 4.69) is 10.6 Å². The summed E-state index contributed by atoms with van der Waals surface area (Å²) in [5, 5.41) is 5.46. The third-order valence-electron chi connectivity index (χ3n) is 2.23. The summed E-state index contributed by atoms with van der Waals surface area (Å²) in [7, 11) is 0. The van der Waals surface area contributed by atoms with Gasteiger partial charge >= 0.3 is 0 Å². The van der Waals surface area contributed by atoms with E-state index in [0.717, 1.165) is 17.8 Å². The number of benzene rings is 2. The zero-order chi connectivity index (χ0) is 13.0. The Balaban J connectivity index is 2.08. The molecule has 0 aliphatic carbocycles. The summed E-state index contributed by atoms with van der Waals surface area (Å²) in [4.78, 5) is 0. The molecule has 0 unspecified atom stereocenters. The molecule has 0 fully saturated rings. The van der Waals surface area contributed by atoms with Crippen LogP contribution in [-0.4, -0.2) is 5.11 Å². The predicted molar refractivity (Wildman–Crippen MR) is 72.6 cm³/mol. The summed E-state index contributed by atoms with van der Waals surface area (Å²) < 4.78 is 26.7. The minimum atomic E-state index is -0.688. The largest absolute Gasteiger partial charge is 0.332 e. The van der Waals surface area contributed by atoms with E-state index in [9.17, 15) is 8.78 Å². The fraction of sp³-hybridized carbons (Fsp3) is 0. The molecule has 0 aliphatic rings. The Bertz CT molecular complexity index is 538. The van der Waals surface area contributed by atoms with Gasteiger partial charge in [0.25, 0.3) is 0 Å². The monoisotopic (exact) mass is 264 g/mol. The topological polar surface area (TPSA) is 24.1 Å². The Morgan fingerprint density at radius 2 is 1.44 bits per heavy atom. The third-order valence-corrected chi connectivity index (χ3v) is 2.44. The highest BCUT2D eigenvalue weighted by atomic mass is 32.1. The first kappa shape index (κ1) is 12.4. The van der Waals surface area contributed by atoms with Crippen LogP contribution < -0.4 is 10.6 Å². The molecule has 0 heterocycles. The van der Waals surface area contributed by atoms with Crippen molar-refractivity contribution < 1.29 is 8.78 Å². The Hall–Kier alpha value is -2.01. The van der Waals surface area contributed by atoms with E-state index in [1.807, 2.05) is 18.2 Å². The molecule has 5 heteroatoms. The molecule has 0 saturated heterocycles. The number of rotatable bonds is 2. The van der Waals surface area contributed by atoms with Gasteiger partial charge in [-0.15, -0.1) is 0 Å². The van der Waals surface area contributed by atoms with Gasteiger partial charge < -0.3 is 10.6 Å². The Kier molecular flexibility index (Phi) is 3.84. The third kappa shape index (κ3) is 3.01. The van der Waals surface area contributed by atoms with Crippen LogP contribution in [0.15, 0.2) is 48.5 Å². The molecule has 0 aromatic heterocycles.